The average Bonchev–Trinajstić information content (AvgIpc) is 3.52. The van der Waals surface area contributed by atoms with Crippen molar-refractivity contribution < 1.29 is 13.9 Å². The number of fused-ring (bicyclic) bond motifs is 1. The summed E-state index contributed by atoms with van der Waals surface area (Å²) in [6.07, 6.45) is 5.58. The Bertz CT molecular complexity index is 1140. The summed E-state index contributed by atoms with van der Waals surface area (Å²) in [6.45, 7) is 0. The highest BCUT2D eigenvalue weighted by atomic mass is 16.5. The molecule has 0 atom stereocenters. The topological polar surface area (TPSA) is 86.4 Å². The summed E-state index contributed by atoms with van der Waals surface area (Å²) >= 11 is 0. The third-order valence-electron chi connectivity index (χ3n) is 6.17. The molecular weight excluding hydrogens is 382 g/mol. The SMILES string of the molecule is COc1cccc2cc(C(=O)NC3CCC(n4nc(C5CC5)ccc4=O)CC3)oc12. The molecule has 156 valence electrons. The van der Waals surface area contributed by atoms with Gasteiger partial charge in [0.15, 0.2) is 17.1 Å². The van der Waals surface area contributed by atoms with Crippen LogP contribution in [-0.4, -0.2) is 28.8 Å². The van der Waals surface area contributed by atoms with Crippen molar-refractivity contribution in [1.82, 2.24) is 15.1 Å². The Kier molecular flexibility index (Phi) is 4.81. The number of rotatable bonds is 5. The molecule has 2 fully saturated rings. The summed E-state index contributed by atoms with van der Waals surface area (Å²) in [5.74, 6) is 1.20. The zero-order valence-corrected chi connectivity index (χ0v) is 17.0. The molecule has 1 amide bonds. The fourth-order valence-corrected chi connectivity index (χ4v) is 4.33. The quantitative estimate of drug-likeness (QED) is 0.695. The van der Waals surface area contributed by atoms with Crippen LogP contribution in [0.4, 0.5) is 0 Å². The number of furan rings is 1. The van der Waals surface area contributed by atoms with Crippen molar-refractivity contribution in [3.05, 3.63) is 58.2 Å². The predicted molar refractivity (Wildman–Crippen MR) is 112 cm³/mol. The molecule has 7 nitrogen and oxygen atoms in total. The van der Waals surface area contributed by atoms with Crippen LogP contribution in [-0.2, 0) is 0 Å². The summed E-state index contributed by atoms with van der Waals surface area (Å²) in [7, 11) is 1.58. The van der Waals surface area contributed by atoms with Gasteiger partial charge < -0.3 is 14.5 Å². The van der Waals surface area contributed by atoms with Gasteiger partial charge in [-0.25, -0.2) is 4.68 Å². The van der Waals surface area contributed by atoms with Gasteiger partial charge in [-0.05, 0) is 56.7 Å². The second-order valence-electron chi connectivity index (χ2n) is 8.28. The summed E-state index contributed by atoms with van der Waals surface area (Å²) < 4.78 is 12.7. The van der Waals surface area contributed by atoms with Crippen LogP contribution in [0.5, 0.6) is 5.75 Å². The molecule has 0 saturated heterocycles. The second-order valence-corrected chi connectivity index (χ2v) is 8.28. The number of methoxy groups -OCH3 is 1. The molecule has 2 heterocycles. The zero-order chi connectivity index (χ0) is 20.7. The van der Waals surface area contributed by atoms with Crippen LogP contribution in [0.15, 0.2) is 45.6 Å². The molecule has 7 heteroatoms. The Hall–Kier alpha value is -3.09. The number of benzene rings is 1. The molecule has 1 aromatic carbocycles. The van der Waals surface area contributed by atoms with Crippen LogP contribution < -0.4 is 15.6 Å². The van der Waals surface area contributed by atoms with E-state index in [0.717, 1.165) is 49.6 Å². The highest BCUT2D eigenvalue weighted by Gasteiger charge is 2.29. The van der Waals surface area contributed by atoms with Crippen molar-refractivity contribution in [2.24, 2.45) is 0 Å². The van der Waals surface area contributed by atoms with Gasteiger partial charge in [0.2, 0.25) is 0 Å². The molecule has 1 N–H and O–H groups in total. The van der Waals surface area contributed by atoms with Crippen molar-refractivity contribution in [3.8, 4) is 5.75 Å². The van der Waals surface area contributed by atoms with E-state index in [1.807, 2.05) is 24.3 Å². The number of nitrogens with zero attached hydrogens (tertiary/aromatic N) is 2. The van der Waals surface area contributed by atoms with Crippen LogP contribution >= 0.6 is 0 Å². The van der Waals surface area contributed by atoms with Gasteiger partial charge in [-0.1, -0.05) is 12.1 Å². The molecule has 0 unspecified atom stereocenters. The smallest absolute Gasteiger partial charge is 0.287 e. The normalized spacial score (nSPS) is 21.5. The second kappa shape index (κ2) is 7.63. The Morgan fingerprint density at radius 2 is 1.93 bits per heavy atom. The van der Waals surface area contributed by atoms with E-state index in [2.05, 4.69) is 10.4 Å². The summed E-state index contributed by atoms with van der Waals surface area (Å²) in [4.78, 5) is 25.0. The van der Waals surface area contributed by atoms with Crippen LogP contribution in [0.25, 0.3) is 11.0 Å². The van der Waals surface area contributed by atoms with E-state index < -0.39 is 0 Å². The highest BCUT2D eigenvalue weighted by molar-refractivity contribution is 5.97. The Labute approximate surface area is 174 Å². The third kappa shape index (κ3) is 3.60. The lowest BCUT2D eigenvalue weighted by Gasteiger charge is -2.29. The van der Waals surface area contributed by atoms with Crippen LogP contribution in [0.3, 0.4) is 0 Å². The van der Waals surface area contributed by atoms with Crippen molar-refractivity contribution >= 4 is 16.9 Å². The third-order valence-corrected chi connectivity index (χ3v) is 6.17. The fourth-order valence-electron chi connectivity index (χ4n) is 4.33. The number of para-hydroxylation sites is 1. The van der Waals surface area contributed by atoms with Gasteiger partial charge in [0.25, 0.3) is 11.5 Å². The minimum absolute atomic E-state index is 0.0388. The summed E-state index contributed by atoms with van der Waals surface area (Å²) in [5, 5.41) is 8.54. The molecule has 0 radical (unpaired) electrons. The van der Waals surface area contributed by atoms with E-state index in [0.29, 0.717) is 17.3 Å². The first kappa shape index (κ1) is 18.9. The maximum absolute atomic E-state index is 12.7. The number of carbonyl (C=O) groups is 1. The average molecular weight is 407 g/mol. The molecule has 30 heavy (non-hydrogen) atoms. The number of aromatic nitrogens is 2. The maximum atomic E-state index is 12.7. The van der Waals surface area contributed by atoms with E-state index in [9.17, 15) is 9.59 Å². The van der Waals surface area contributed by atoms with Gasteiger partial charge in [0.05, 0.1) is 18.8 Å². The van der Waals surface area contributed by atoms with Crippen LogP contribution in [0, 0.1) is 0 Å². The summed E-state index contributed by atoms with van der Waals surface area (Å²) in [5.41, 5.74) is 1.57. The maximum Gasteiger partial charge on any atom is 0.287 e. The monoisotopic (exact) mass is 407 g/mol. The molecule has 2 aliphatic rings. The molecular formula is C23H25N3O4. The standard InChI is InChI=1S/C23H25N3O4/c1-29-19-4-2-3-15-13-20(30-22(15)19)23(28)24-16-7-9-17(10-8-16)26-21(27)12-11-18(25-26)14-5-6-14/h2-4,11-14,16-17H,5-10H2,1H3,(H,24,28). The Morgan fingerprint density at radius 1 is 1.13 bits per heavy atom. The summed E-state index contributed by atoms with van der Waals surface area (Å²) in [6, 6.07) is 11.0. The number of carbonyl (C=O) groups excluding carboxylic acids is 1. The minimum Gasteiger partial charge on any atom is -0.493 e. The van der Waals surface area contributed by atoms with E-state index in [1.54, 1.807) is 23.9 Å². The molecule has 3 aromatic rings. The van der Waals surface area contributed by atoms with Crippen LogP contribution in [0.2, 0.25) is 0 Å². The van der Waals surface area contributed by atoms with Crippen molar-refractivity contribution in [2.75, 3.05) is 7.11 Å². The number of ether oxygens (including phenoxy) is 1. The molecule has 0 bridgehead atoms. The van der Waals surface area contributed by atoms with Gasteiger partial charge >= 0.3 is 0 Å². The molecule has 2 aromatic heterocycles. The van der Waals surface area contributed by atoms with Gasteiger partial charge in [0.1, 0.15) is 0 Å². The van der Waals surface area contributed by atoms with Gasteiger partial charge in [-0.3, -0.25) is 9.59 Å². The lowest BCUT2D eigenvalue weighted by Crippen LogP contribution is -2.39. The first-order valence-corrected chi connectivity index (χ1v) is 10.6. The molecule has 2 aliphatic carbocycles. The lowest BCUT2D eigenvalue weighted by atomic mass is 9.91. The van der Waals surface area contributed by atoms with Crippen LogP contribution in [0.1, 0.15) is 66.7 Å². The molecule has 0 spiro atoms. The van der Waals surface area contributed by atoms with Gasteiger partial charge in [0, 0.05) is 23.4 Å². The molecule has 0 aliphatic heterocycles. The lowest BCUT2D eigenvalue weighted by molar-refractivity contribution is 0.0895. The van der Waals surface area contributed by atoms with E-state index in [-0.39, 0.29) is 29.3 Å². The highest BCUT2D eigenvalue weighted by Crippen LogP contribution is 2.38. The zero-order valence-electron chi connectivity index (χ0n) is 17.0. The fraction of sp³-hybridized carbons (Fsp3) is 0.435. The number of nitrogens with one attached hydrogen (secondary N) is 1. The Balaban J connectivity index is 1.24. The Morgan fingerprint density at radius 3 is 2.67 bits per heavy atom. The molecule has 5 rings (SSSR count). The van der Waals surface area contributed by atoms with Gasteiger partial charge in [-0.15, -0.1) is 0 Å². The van der Waals surface area contributed by atoms with Crippen molar-refractivity contribution in [1.29, 1.82) is 0 Å². The molecule has 2 saturated carbocycles. The van der Waals surface area contributed by atoms with Gasteiger partial charge in [-0.2, -0.15) is 5.10 Å². The largest absolute Gasteiger partial charge is 0.493 e. The first-order valence-electron chi connectivity index (χ1n) is 10.6. The van der Waals surface area contributed by atoms with E-state index in [4.69, 9.17) is 9.15 Å². The van der Waals surface area contributed by atoms with E-state index >= 15 is 0 Å². The van der Waals surface area contributed by atoms with E-state index in [1.165, 1.54) is 0 Å². The minimum atomic E-state index is -0.220. The first-order chi connectivity index (χ1) is 14.6. The number of hydrogen-bond donors (Lipinski definition) is 1. The van der Waals surface area contributed by atoms with Crippen molar-refractivity contribution in [3.63, 3.8) is 0 Å². The number of hydrogen-bond acceptors (Lipinski definition) is 5. The number of amides is 1. The van der Waals surface area contributed by atoms with Crippen molar-refractivity contribution in [2.45, 2.75) is 56.5 Å². The predicted octanol–water partition coefficient (Wildman–Crippen LogP) is 3.79.